The summed E-state index contributed by atoms with van der Waals surface area (Å²) in [5.74, 6) is -0.339. The van der Waals surface area contributed by atoms with Crippen LogP contribution in [0.25, 0.3) is 0 Å². The van der Waals surface area contributed by atoms with Gasteiger partial charge in [0.1, 0.15) is 4.83 Å². The van der Waals surface area contributed by atoms with Crippen molar-refractivity contribution in [2.24, 2.45) is 5.92 Å². The molecule has 0 unspecified atom stereocenters. The van der Waals surface area contributed by atoms with Gasteiger partial charge in [-0.2, -0.15) is 0 Å². The van der Waals surface area contributed by atoms with E-state index in [0.717, 1.165) is 0 Å². The number of hydrogen-bond donors (Lipinski definition) is 1. The molecule has 5 heteroatoms. The Morgan fingerprint density at radius 3 is 2.00 bits per heavy atom. The smallest absolute Gasteiger partial charge is 1.00 e. The standard InChI is InChI=1S/C6H11BrO2.BrH.K/c1-4(2)3-5(7)6(8)9;;/h4-5H,3H2,1-2H3,(H,8,9);1H;/q;;+1/p-1/t5-;;/m0../s1. The summed E-state index contributed by atoms with van der Waals surface area (Å²) < 4.78 is 0. The number of aliphatic carboxylic acids is 1. The van der Waals surface area contributed by atoms with Gasteiger partial charge in [0.05, 0.1) is 0 Å². The average molecular weight is 314 g/mol. The second-order valence-electron chi connectivity index (χ2n) is 2.44. The number of halogens is 2. The molecule has 0 saturated carbocycles. The Morgan fingerprint density at radius 1 is 1.55 bits per heavy atom. The van der Waals surface area contributed by atoms with Gasteiger partial charge in [-0.25, -0.2) is 0 Å². The number of hydrogen-bond acceptors (Lipinski definition) is 1. The van der Waals surface area contributed by atoms with Crippen LogP contribution < -0.4 is 68.4 Å². The Hall–Kier alpha value is 2.07. The molecule has 0 amide bonds. The molecule has 0 aromatic carbocycles. The van der Waals surface area contributed by atoms with Crippen LogP contribution in [0.1, 0.15) is 20.3 Å². The first-order valence-corrected chi connectivity index (χ1v) is 3.82. The summed E-state index contributed by atoms with van der Waals surface area (Å²) in [6.45, 7) is 3.99. The Morgan fingerprint density at radius 2 is 1.91 bits per heavy atom. The number of rotatable bonds is 3. The predicted octanol–water partition coefficient (Wildman–Crippen LogP) is -4.11. The molecule has 0 aliphatic heterocycles. The van der Waals surface area contributed by atoms with Gasteiger partial charge in [0, 0.05) is 0 Å². The van der Waals surface area contributed by atoms with E-state index in [-0.39, 0.29) is 73.2 Å². The molecule has 2 nitrogen and oxygen atoms in total. The number of carboxylic acids is 1. The Bertz CT molecular complexity index is 109. The van der Waals surface area contributed by atoms with Crippen molar-refractivity contribution in [2.75, 3.05) is 0 Å². The van der Waals surface area contributed by atoms with Crippen LogP contribution in [0.2, 0.25) is 0 Å². The molecular weight excluding hydrogens is 303 g/mol. The second-order valence-corrected chi connectivity index (χ2v) is 3.54. The van der Waals surface area contributed by atoms with E-state index in [1.807, 2.05) is 13.8 Å². The van der Waals surface area contributed by atoms with Gasteiger partial charge in [0.2, 0.25) is 0 Å². The average Bonchev–Trinajstić information content (AvgIpc) is 1.63. The summed E-state index contributed by atoms with van der Waals surface area (Å²) in [7, 11) is 0. The van der Waals surface area contributed by atoms with Gasteiger partial charge in [0.15, 0.2) is 0 Å². The minimum absolute atomic E-state index is 0. The van der Waals surface area contributed by atoms with Crippen molar-refractivity contribution in [1.29, 1.82) is 0 Å². The Labute approximate surface area is 129 Å². The van der Waals surface area contributed by atoms with E-state index >= 15 is 0 Å². The molecule has 11 heavy (non-hydrogen) atoms. The van der Waals surface area contributed by atoms with Gasteiger partial charge >= 0.3 is 57.4 Å². The van der Waals surface area contributed by atoms with E-state index in [2.05, 4.69) is 15.9 Å². The maximum absolute atomic E-state index is 10.2. The van der Waals surface area contributed by atoms with Gasteiger partial charge in [-0.1, -0.05) is 29.8 Å². The molecule has 62 valence electrons. The van der Waals surface area contributed by atoms with Crippen LogP contribution >= 0.6 is 15.9 Å². The van der Waals surface area contributed by atoms with Crippen molar-refractivity contribution in [3.8, 4) is 0 Å². The first-order valence-electron chi connectivity index (χ1n) is 2.91. The zero-order valence-electron chi connectivity index (χ0n) is 6.97. The normalized spacial score (nSPS) is 11.3. The number of alkyl halides is 1. The van der Waals surface area contributed by atoms with E-state index in [1.54, 1.807) is 0 Å². The van der Waals surface area contributed by atoms with E-state index in [9.17, 15) is 4.79 Å². The van der Waals surface area contributed by atoms with Crippen molar-refractivity contribution in [1.82, 2.24) is 0 Å². The number of carboxylic acid groups (broad SMARTS) is 1. The van der Waals surface area contributed by atoms with Crippen molar-refractivity contribution in [2.45, 2.75) is 25.1 Å². The fraction of sp³-hybridized carbons (Fsp3) is 0.833. The van der Waals surface area contributed by atoms with Crippen LogP contribution in [-0.2, 0) is 4.79 Å². The van der Waals surface area contributed by atoms with E-state index in [4.69, 9.17) is 5.11 Å². The largest absolute Gasteiger partial charge is 1.00 e. The molecule has 0 saturated heterocycles. The fourth-order valence-corrected chi connectivity index (χ4v) is 1.26. The molecule has 0 aromatic rings. The molecule has 0 aliphatic rings. The fourth-order valence-electron chi connectivity index (χ4n) is 0.515. The minimum Gasteiger partial charge on any atom is -1.00 e. The second kappa shape index (κ2) is 10.1. The van der Waals surface area contributed by atoms with Crippen LogP contribution in [0.15, 0.2) is 0 Å². The molecule has 0 bridgehead atoms. The zero-order chi connectivity index (χ0) is 7.44. The molecule has 0 radical (unpaired) electrons. The monoisotopic (exact) mass is 312 g/mol. The first kappa shape index (κ1) is 18.8. The summed E-state index contributed by atoms with van der Waals surface area (Å²) in [6, 6.07) is 0. The van der Waals surface area contributed by atoms with Crippen molar-refractivity contribution in [3.05, 3.63) is 0 Å². The van der Waals surface area contributed by atoms with E-state index in [1.165, 1.54) is 0 Å². The summed E-state index contributed by atoms with van der Waals surface area (Å²) in [6.07, 6.45) is 0.690. The molecule has 0 aromatic heterocycles. The first-order chi connectivity index (χ1) is 4.04. The molecule has 0 heterocycles. The van der Waals surface area contributed by atoms with Crippen LogP contribution in [-0.4, -0.2) is 15.9 Å². The topological polar surface area (TPSA) is 37.3 Å². The van der Waals surface area contributed by atoms with Crippen molar-refractivity contribution < 1.29 is 78.3 Å². The van der Waals surface area contributed by atoms with Crippen molar-refractivity contribution in [3.63, 3.8) is 0 Å². The molecule has 0 spiro atoms. The summed E-state index contributed by atoms with van der Waals surface area (Å²) in [5.41, 5.74) is 0. The third kappa shape index (κ3) is 12.1. The molecule has 0 rings (SSSR count). The van der Waals surface area contributed by atoms with Gasteiger partial charge in [-0.3, -0.25) is 4.79 Å². The molecule has 1 N–H and O–H groups in total. The van der Waals surface area contributed by atoms with Gasteiger partial charge in [-0.05, 0) is 12.3 Å². The minimum atomic E-state index is -0.774. The SMILES string of the molecule is CC(C)C[C@H](Br)C(=O)O.[Br-].[K+]. The number of carbonyl (C=O) groups is 1. The predicted molar refractivity (Wildman–Crippen MR) is 39.8 cm³/mol. The molecule has 0 fully saturated rings. The van der Waals surface area contributed by atoms with Crippen molar-refractivity contribution >= 4 is 21.9 Å². The quantitative estimate of drug-likeness (QED) is 0.425. The maximum Gasteiger partial charge on any atom is 1.00 e. The van der Waals surface area contributed by atoms with Gasteiger partial charge in [0.25, 0.3) is 0 Å². The summed E-state index contributed by atoms with van der Waals surface area (Å²) in [5, 5.41) is 8.38. The summed E-state index contributed by atoms with van der Waals surface area (Å²) in [4.78, 5) is 9.81. The molecule has 1 atom stereocenters. The van der Waals surface area contributed by atoms with Gasteiger partial charge < -0.3 is 22.1 Å². The van der Waals surface area contributed by atoms with Crippen LogP contribution in [0.4, 0.5) is 0 Å². The molecular formula is C6H11Br2KO2. The maximum atomic E-state index is 10.2. The third-order valence-corrected chi connectivity index (χ3v) is 1.71. The van der Waals surface area contributed by atoms with Crippen LogP contribution in [0.3, 0.4) is 0 Å². The molecule has 0 aliphatic carbocycles. The van der Waals surface area contributed by atoms with Crippen LogP contribution in [0, 0.1) is 5.92 Å². The van der Waals surface area contributed by atoms with Crippen LogP contribution in [0.5, 0.6) is 0 Å². The van der Waals surface area contributed by atoms with E-state index < -0.39 is 5.97 Å². The summed E-state index contributed by atoms with van der Waals surface area (Å²) >= 11 is 3.04. The Balaban J connectivity index is -0.000000320. The van der Waals surface area contributed by atoms with Gasteiger partial charge in [-0.15, -0.1) is 0 Å². The Kier molecular flexibility index (Phi) is 17.3. The zero-order valence-corrected chi connectivity index (χ0v) is 13.3. The van der Waals surface area contributed by atoms with E-state index in [0.29, 0.717) is 12.3 Å². The third-order valence-electron chi connectivity index (χ3n) is 0.946.